The van der Waals surface area contributed by atoms with Gasteiger partial charge in [-0.05, 0) is 19.8 Å². The van der Waals surface area contributed by atoms with Crippen molar-refractivity contribution in [2.45, 2.75) is 38.3 Å². The maximum absolute atomic E-state index is 5.62. The maximum atomic E-state index is 5.62. The third-order valence-electron chi connectivity index (χ3n) is 3.62. The van der Waals surface area contributed by atoms with Crippen LogP contribution in [0.3, 0.4) is 0 Å². The molecule has 2 aliphatic rings. The lowest BCUT2D eigenvalue weighted by atomic mass is 10.2. The summed E-state index contributed by atoms with van der Waals surface area (Å²) in [5.74, 6) is 1.78. The van der Waals surface area contributed by atoms with E-state index in [1.54, 1.807) is 0 Å². The van der Waals surface area contributed by atoms with Crippen LogP contribution in [0.25, 0.3) is 0 Å². The van der Waals surface area contributed by atoms with Gasteiger partial charge in [-0.1, -0.05) is 0 Å². The number of anilines is 1. The van der Waals surface area contributed by atoms with Gasteiger partial charge >= 0.3 is 0 Å². The van der Waals surface area contributed by atoms with E-state index >= 15 is 0 Å². The number of rotatable bonds is 3. The molecule has 0 bridgehead atoms. The van der Waals surface area contributed by atoms with Gasteiger partial charge < -0.3 is 15.0 Å². The Balaban J connectivity index is 1.61. The van der Waals surface area contributed by atoms with Crippen molar-refractivity contribution < 1.29 is 4.74 Å². The van der Waals surface area contributed by atoms with Crippen molar-refractivity contribution in [3.63, 3.8) is 0 Å². The van der Waals surface area contributed by atoms with Crippen molar-refractivity contribution in [2.75, 3.05) is 31.1 Å². The second kappa shape index (κ2) is 5.24. The fraction of sp³-hybridized carbons (Fsp3) is 0.833. The van der Waals surface area contributed by atoms with Crippen LogP contribution in [0.2, 0.25) is 0 Å². The van der Waals surface area contributed by atoms with Gasteiger partial charge in [0, 0.05) is 38.7 Å². The Morgan fingerprint density at radius 1 is 1.50 bits per heavy atom. The molecule has 18 heavy (non-hydrogen) atoms. The second-order valence-corrected chi connectivity index (χ2v) is 5.22. The van der Waals surface area contributed by atoms with Crippen LogP contribution in [0.15, 0.2) is 0 Å². The molecule has 1 aromatic rings. The summed E-state index contributed by atoms with van der Waals surface area (Å²) in [5.41, 5.74) is 0. The Labute approximate surface area is 107 Å². The molecule has 6 nitrogen and oxygen atoms in total. The van der Waals surface area contributed by atoms with Crippen molar-refractivity contribution in [2.24, 2.45) is 0 Å². The van der Waals surface area contributed by atoms with Crippen LogP contribution in [-0.2, 0) is 11.2 Å². The summed E-state index contributed by atoms with van der Waals surface area (Å²) in [6.07, 6.45) is 3.49. The highest BCUT2D eigenvalue weighted by Gasteiger charge is 2.21. The molecule has 3 heterocycles. The fourth-order valence-corrected chi connectivity index (χ4v) is 2.65. The Morgan fingerprint density at radius 2 is 2.44 bits per heavy atom. The van der Waals surface area contributed by atoms with Gasteiger partial charge in [0.05, 0.1) is 6.10 Å². The zero-order valence-electron chi connectivity index (χ0n) is 10.9. The molecule has 0 saturated carbocycles. The van der Waals surface area contributed by atoms with Crippen LogP contribution in [-0.4, -0.2) is 53.6 Å². The van der Waals surface area contributed by atoms with Gasteiger partial charge in [0.15, 0.2) is 0 Å². The third kappa shape index (κ3) is 2.64. The summed E-state index contributed by atoms with van der Waals surface area (Å²) in [5, 5.41) is 10.8. The average Bonchev–Trinajstić information content (AvgIpc) is 3.01. The fourth-order valence-electron chi connectivity index (χ4n) is 2.65. The van der Waals surface area contributed by atoms with Crippen molar-refractivity contribution in [1.82, 2.24) is 20.5 Å². The van der Waals surface area contributed by atoms with Crippen LogP contribution >= 0.6 is 0 Å². The predicted octanol–water partition coefficient (Wildman–Crippen LogP) is 0.324. The Hall–Kier alpha value is -1.14. The molecule has 2 unspecified atom stereocenters. The quantitative estimate of drug-likeness (QED) is 0.810. The molecule has 2 atom stereocenters. The lowest BCUT2D eigenvalue weighted by Gasteiger charge is -2.30. The average molecular weight is 251 g/mol. The van der Waals surface area contributed by atoms with Crippen LogP contribution < -0.4 is 10.2 Å². The highest BCUT2D eigenvalue weighted by atomic mass is 16.5. The Bertz CT molecular complexity index is 388. The first kappa shape index (κ1) is 11.9. The second-order valence-electron chi connectivity index (χ2n) is 5.22. The zero-order chi connectivity index (χ0) is 12.4. The summed E-state index contributed by atoms with van der Waals surface area (Å²) in [7, 11) is 0. The summed E-state index contributed by atoms with van der Waals surface area (Å²) >= 11 is 0. The van der Waals surface area contributed by atoms with Gasteiger partial charge in [-0.2, -0.15) is 4.98 Å². The minimum atomic E-state index is 0.327. The first-order valence-corrected chi connectivity index (χ1v) is 6.82. The molecule has 6 heteroatoms. The number of hydrogen-bond acceptors (Lipinski definition) is 5. The molecule has 100 valence electrons. The summed E-state index contributed by atoms with van der Waals surface area (Å²) in [4.78, 5) is 6.82. The van der Waals surface area contributed by atoms with Crippen LogP contribution in [0, 0.1) is 0 Å². The molecule has 1 aromatic heterocycles. The van der Waals surface area contributed by atoms with E-state index in [9.17, 15) is 0 Å². The highest BCUT2D eigenvalue weighted by Crippen LogP contribution is 2.17. The van der Waals surface area contributed by atoms with E-state index in [0.29, 0.717) is 12.1 Å². The Kier molecular flexibility index (Phi) is 3.47. The molecule has 0 radical (unpaired) electrons. The molecule has 0 amide bonds. The van der Waals surface area contributed by atoms with Crippen molar-refractivity contribution in [1.29, 1.82) is 0 Å². The van der Waals surface area contributed by atoms with E-state index < -0.39 is 0 Å². The minimum Gasteiger partial charge on any atom is -0.378 e. The smallest absolute Gasteiger partial charge is 0.244 e. The number of nitrogens with zero attached hydrogens (tertiary/aromatic N) is 3. The van der Waals surface area contributed by atoms with Gasteiger partial charge in [-0.3, -0.25) is 5.10 Å². The normalized spacial score (nSPS) is 28.8. The van der Waals surface area contributed by atoms with Crippen molar-refractivity contribution in [3.8, 4) is 0 Å². The number of H-pyrrole nitrogens is 1. The van der Waals surface area contributed by atoms with Crippen LogP contribution in [0.1, 0.15) is 25.6 Å². The molecule has 2 N–H and O–H groups in total. The highest BCUT2D eigenvalue weighted by molar-refractivity contribution is 5.30. The standard InChI is InChI=1S/C12H21N5O/c1-9-8-17(5-4-13-9)12-14-11(15-16-12)7-10-3-2-6-18-10/h9-10,13H,2-8H2,1H3,(H,14,15,16). The van der Waals surface area contributed by atoms with E-state index in [0.717, 1.165) is 50.9 Å². The Morgan fingerprint density at radius 3 is 3.22 bits per heavy atom. The van der Waals surface area contributed by atoms with Gasteiger partial charge in [-0.15, -0.1) is 5.10 Å². The van der Waals surface area contributed by atoms with Crippen molar-refractivity contribution >= 4 is 5.95 Å². The van der Waals surface area contributed by atoms with E-state index in [1.807, 2.05) is 0 Å². The van der Waals surface area contributed by atoms with Crippen LogP contribution in [0.5, 0.6) is 0 Å². The van der Waals surface area contributed by atoms with Gasteiger partial charge in [0.1, 0.15) is 5.82 Å². The number of ether oxygens (including phenoxy) is 1. The molecular weight excluding hydrogens is 230 g/mol. The predicted molar refractivity (Wildman–Crippen MR) is 68.7 cm³/mol. The number of aromatic nitrogens is 3. The molecule has 3 rings (SSSR count). The summed E-state index contributed by atoms with van der Waals surface area (Å²) in [6.45, 7) is 6.02. The number of hydrogen-bond donors (Lipinski definition) is 2. The van der Waals surface area contributed by atoms with E-state index in [2.05, 4.69) is 32.3 Å². The monoisotopic (exact) mass is 251 g/mol. The van der Waals surface area contributed by atoms with E-state index in [-0.39, 0.29) is 0 Å². The first-order chi connectivity index (χ1) is 8.81. The van der Waals surface area contributed by atoms with E-state index in [1.165, 1.54) is 6.42 Å². The van der Waals surface area contributed by atoms with Gasteiger partial charge in [-0.25, -0.2) is 0 Å². The molecule has 2 aliphatic heterocycles. The number of piperazine rings is 1. The number of nitrogens with one attached hydrogen (secondary N) is 2. The van der Waals surface area contributed by atoms with Gasteiger partial charge in [0.2, 0.25) is 5.95 Å². The molecule has 2 saturated heterocycles. The zero-order valence-corrected chi connectivity index (χ0v) is 10.9. The lowest BCUT2D eigenvalue weighted by Crippen LogP contribution is -2.49. The molecular formula is C12H21N5O. The first-order valence-electron chi connectivity index (χ1n) is 6.82. The number of aromatic amines is 1. The molecule has 0 aliphatic carbocycles. The van der Waals surface area contributed by atoms with E-state index in [4.69, 9.17) is 4.74 Å². The SMILES string of the molecule is CC1CN(c2n[nH]c(CC3CCCO3)n2)CCN1. The summed E-state index contributed by atoms with van der Waals surface area (Å²) in [6, 6.07) is 0.499. The van der Waals surface area contributed by atoms with Crippen molar-refractivity contribution in [3.05, 3.63) is 5.82 Å². The third-order valence-corrected chi connectivity index (χ3v) is 3.62. The van der Waals surface area contributed by atoms with Crippen LogP contribution in [0.4, 0.5) is 5.95 Å². The lowest BCUT2D eigenvalue weighted by molar-refractivity contribution is 0.110. The maximum Gasteiger partial charge on any atom is 0.244 e. The largest absolute Gasteiger partial charge is 0.378 e. The molecule has 2 fully saturated rings. The minimum absolute atomic E-state index is 0.327. The van der Waals surface area contributed by atoms with Gasteiger partial charge in [0.25, 0.3) is 0 Å². The molecule has 0 aromatic carbocycles. The summed E-state index contributed by atoms with van der Waals surface area (Å²) < 4.78 is 5.62. The topological polar surface area (TPSA) is 66.1 Å². The molecule has 0 spiro atoms.